The summed E-state index contributed by atoms with van der Waals surface area (Å²) in [5.74, 6) is 1.14. The van der Waals surface area contributed by atoms with Crippen LogP contribution in [0.15, 0.2) is 18.2 Å². The van der Waals surface area contributed by atoms with Crippen LogP contribution in [0.2, 0.25) is 5.02 Å². The van der Waals surface area contributed by atoms with E-state index in [1.54, 1.807) is 6.07 Å². The fourth-order valence-corrected chi connectivity index (χ4v) is 2.60. The SMILES string of the molecule is CC1CC1c1[nH]nc(N)c1-c1ccc(F)cc1Cl. The number of halogens is 2. The first kappa shape index (κ1) is 11.5. The number of nitrogens with one attached hydrogen (secondary N) is 1. The van der Waals surface area contributed by atoms with Gasteiger partial charge in [-0.25, -0.2) is 4.39 Å². The van der Waals surface area contributed by atoms with Crippen molar-refractivity contribution in [3.8, 4) is 11.1 Å². The molecular formula is C13H13ClFN3. The Balaban J connectivity index is 2.13. The summed E-state index contributed by atoms with van der Waals surface area (Å²) in [6.45, 7) is 2.18. The number of hydrogen-bond donors (Lipinski definition) is 2. The Morgan fingerprint density at radius 1 is 1.50 bits per heavy atom. The number of benzene rings is 1. The Bertz CT molecular complexity index is 608. The third kappa shape index (κ3) is 1.77. The molecule has 0 amide bonds. The van der Waals surface area contributed by atoms with Crippen LogP contribution in [-0.4, -0.2) is 10.2 Å². The van der Waals surface area contributed by atoms with Gasteiger partial charge in [0.2, 0.25) is 0 Å². The van der Waals surface area contributed by atoms with E-state index in [2.05, 4.69) is 17.1 Å². The number of anilines is 1. The van der Waals surface area contributed by atoms with Crippen molar-refractivity contribution in [2.24, 2.45) is 5.92 Å². The van der Waals surface area contributed by atoms with E-state index in [-0.39, 0.29) is 5.82 Å². The van der Waals surface area contributed by atoms with E-state index in [9.17, 15) is 4.39 Å². The summed E-state index contributed by atoms with van der Waals surface area (Å²) in [6.07, 6.45) is 1.12. The fraction of sp³-hybridized carbons (Fsp3) is 0.308. The zero-order valence-corrected chi connectivity index (χ0v) is 10.6. The fourth-order valence-electron chi connectivity index (χ4n) is 2.34. The number of aromatic amines is 1. The summed E-state index contributed by atoms with van der Waals surface area (Å²) >= 11 is 6.09. The molecule has 0 radical (unpaired) electrons. The van der Waals surface area contributed by atoms with Crippen molar-refractivity contribution in [3.05, 3.63) is 34.7 Å². The van der Waals surface area contributed by atoms with Gasteiger partial charge >= 0.3 is 0 Å². The molecule has 18 heavy (non-hydrogen) atoms. The summed E-state index contributed by atoms with van der Waals surface area (Å²) in [5.41, 5.74) is 8.45. The molecule has 2 aromatic rings. The Morgan fingerprint density at radius 3 is 2.83 bits per heavy atom. The smallest absolute Gasteiger partial charge is 0.153 e. The molecule has 2 atom stereocenters. The van der Waals surface area contributed by atoms with Crippen LogP contribution in [0.25, 0.3) is 11.1 Å². The summed E-state index contributed by atoms with van der Waals surface area (Å²) < 4.78 is 13.1. The monoisotopic (exact) mass is 265 g/mol. The molecule has 3 nitrogen and oxygen atoms in total. The van der Waals surface area contributed by atoms with Crippen LogP contribution < -0.4 is 5.73 Å². The summed E-state index contributed by atoms with van der Waals surface area (Å²) in [5, 5.41) is 7.39. The molecule has 1 heterocycles. The van der Waals surface area contributed by atoms with Crippen molar-refractivity contribution in [1.82, 2.24) is 10.2 Å². The van der Waals surface area contributed by atoms with Crippen LogP contribution in [0.3, 0.4) is 0 Å². The Hall–Kier alpha value is -1.55. The summed E-state index contributed by atoms with van der Waals surface area (Å²) in [7, 11) is 0. The molecule has 3 rings (SSSR count). The van der Waals surface area contributed by atoms with Gasteiger partial charge < -0.3 is 5.73 Å². The number of nitrogens with two attached hydrogens (primary N) is 1. The Labute approximate surface area is 109 Å². The average molecular weight is 266 g/mol. The molecule has 3 N–H and O–H groups in total. The van der Waals surface area contributed by atoms with Gasteiger partial charge in [0.25, 0.3) is 0 Å². The largest absolute Gasteiger partial charge is 0.382 e. The molecule has 0 aliphatic heterocycles. The predicted octanol–water partition coefficient (Wildman–Crippen LogP) is 3.57. The standard InChI is InChI=1S/C13H13ClFN3/c1-6-4-9(6)12-11(13(16)18-17-12)8-3-2-7(15)5-10(8)14/h2-3,5-6,9H,4H2,1H3,(H3,16,17,18). The first-order chi connectivity index (χ1) is 8.58. The van der Waals surface area contributed by atoms with Crippen molar-refractivity contribution >= 4 is 17.4 Å². The number of hydrogen-bond acceptors (Lipinski definition) is 2. The van der Waals surface area contributed by atoms with Gasteiger partial charge in [-0.3, -0.25) is 5.10 Å². The second-order valence-corrected chi connectivity index (χ2v) is 5.25. The van der Waals surface area contributed by atoms with Crippen LogP contribution in [0.5, 0.6) is 0 Å². The number of aromatic nitrogens is 2. The highest BCUT2D eigenvalue weighted by atomic mass is 35.5. The first-order valence-electron chi connectivity index (χ1n) is 5.87. The molecule has 1 fully saturated rings. The lowest BCUT2D eigenvalue weighted by molar-refractivity contribution is 0.628. The van der Waals surface area contributed by atoms with Crippen LogP contribution in [-0.2, 0) is 0 Å². The van der Waals surface area contributed by atoms with Gasteiger partial charge in [0.05, 0.1) is 5.02 Å². The maximum atomic E-state index is 13.1. The van der Waals surface area contributed by atoms with E-state index >= 15 is 0 Å². The van der Waals surface area contributed by atoms with Gasteiger partial charge in [-0.2, -0.15) is 5.10 Å². The van der Waals surface area contributed by atoms with Gasteiger partial charge in [0.15, 0.2) is 5.82 Å². The molecule has 1 aromatic carbocycles. The highest BCUT2D eigenvalue weighted by molar-refractivity contribution is 6.33. The topological polar surface area (TPSA) is 54.7 Å². The van der Waals surface area contributed by atoms with Gasteiger partial charge in [-0.15, -0.1) is 0 Å². The minimum atomic E-state index is -0.354. The lowest BCUT2D eigenvalue weighted by Gasteiger charge is -2.06. The first-order valence-corrected chi connectivity index (χ1v) is 6.25. The van der Waals surface area contributed by atoms with Crippen molar-refractivity contribution in [3.63, 3.8) is 0 Å². The summed E-state index contributed by atoms with van der Waals surface area (Å²) in [6, 6.07) is 4.33. The van der Waals surface area contributed by atoms with Gasteiger partial charge in [0, 0.05) is 22.7 Å². The normalized spacial score (nSPS) is 22.2. The van der Waals surface area contributed by atoms with E-state index < -0.39 is 0 Å². The minimum Gasteiger partial charge on any atom is -0.382 e. The van der Waals surface area contributed by atoms with Crippen LogP contribution in [0.1, 0.15) is 25.0 Å². The minimum absolute atomic E-state index is 0.354. The van der Waals surface area contributed by atoms with E-state index in [4.69, 9.17) is 17.3 Å². The van der Waals surface area contributed by atoms with Crippen LogP contribution in [0.4, 0.5) is 10.2 Å². The maximum Gasteiger partial charge on any atom is 0.153 e. The lowest BCUT2D eigenvalue weighted by Crippen LogP contribution is -1.92. The van der Waals surface area contributed by atoms with Crippen molar-refractivity contribution in [1.29, 1.82) is 0 Å². The third-order valence-corrected chi connectivity index (χ3v) is 3.82. The molecule has 1 aromatic heterocycles. The highest BCUT2D eigenvalue weighted by Gasteiger charge is 2.38. The van der Waals surface area contributed by atoms with Crippen molar-refractivity contribution in [2.45, 2.75) is 19.3 Å². The second-order valence-electron chi connectivity index (χ2n) is 4.84. The van der Waals surface area contributed by atoms with Gasteiger partial charge in [-0.05, 0) is 30.5 Å². The van der Waals surface area contributed by atoms with E-state index in [0.29, 0.717) is 22.7 Å². The molecule has 94 valence electrons. The molecular weight excluding hydrogens is 253 g/mol. The second kappa shape index (κ2) is 3.99. The van der Waals surface area contributed by atoms with Gasteiger partial charge in [0.1, 0.15) is 5.82 Å². The maximum absolute atomic E-state index is 13.1. The number of nitrogen functional groups attached to an aromatic ring is 1. The molecule has 1 aliphatic carbocycles. The molecule has 1 aliphatic rings. The Kier molecular flexibility index (Phi) is 2.55. The van der Waals surface area contributed by atoms with E-state index in [1.165, 1.54) is 12.1 Å². The zero-order chi connectivity index (χ0) is 12.9. The van der Waals surface area contributed by atoms with E-state index in [1.807, 2.05) is 0 Å². The number of nitrogens with zero attached hydrogens (tertiary/aromatic N) is 1. The van der Waals surface area contributed by atoms with E-state index in [0.717, 1.165) is 23.2 Å². The zero-order valence-electron chi connectivity index (χ0n) is 9.87. The molecule has 2 unspecified atom stereocenters. The quantitative estimate of drug-likeness (QED) is 0.872. The van der Waals surface area contributed by atoms with Gasteiger partial charge in [-0.1, -0.05) is 18.5 Å². The molecule has 1 saturated carbocycles. The molecule has 0 spiro atoms. The molecule has 0 bridgehead atoms. The molecule has 0 saturated heterocycles. The average Bonchev–Trinajstić information content (AvgIpc) is 2.91. The molecule has 5 heteroatoms. The van der Waals surface area contributed by atoms with Crippen molar-refractivity contribution < 1.29 is 4.39 Å². The number of H-pyrrole nitrogens is 1. The third-order valence-electron chi connectivity index (χ3n) is 3.50. The van der Waals surface area contributed by atoms with Crippen LogP contribution in [0, 0.1) is 11.7 Å². The Morgan fingerprint density at radius 2 is 2.22 bits per heavy atom. The predicted molar refractivity (Wildman–Crippen MR) is 69.9 cm³/mol. The summed E-state index contributed by atoms with van der Waals surface area (Å²) in [4.78, 5) is 0. The number of rotatable bonds is 2. The van der Waals surface area contributed by atoms with Crippen molar-refractivity contribution in [2.75, 3.05) is 5.73 Å². The lowest BCUT2D eigenvalue weighted by atomic mass is 10.0. The highest BCUT2D eigenvalue weighted by Crippen LogP contribution is 2.50. The van der Waals surface area contributed by atoms with Crippen LogP contribution >= 0.6 is 11.6 Å².